The Hall–Kier alpha value is -1.55. The van der Waals surface area contributed by atoms with E-state index in [1.807, 2.05) is 45.9 Å². The number of carbonyl (C=O) groups is 1. The fraction of sp³-hybridized carbons (Fsp3) is 0.562. The van der Waals surface area contributed by atoms with Crippen molar-refractivity contribution in [3.8, 4) is 0 Å². The van der Waals surface area contributed by atoms with Gasteiger partial charge in [0.05, 0.1) is 16.7 Å². The molecule has 0 aromatic heterocycles. The molecule has 1 aromatic rings. The fourth-order valence-electron chi connectivity index (χ4n) is 1.62. The van der Waals surface area contributed by atoms with Crippen molar-refractivity contribution in [2.75, 3.05) is 5.32 Å². The SMILES string of the molecule is CC(C)Nc1ccccc1C(=O)NC(C)(C)C(C)(C)O. The minimum absolute atomic E-state index is 0.194. The zero-order valence-corrected chi connectivity index (χ0v) is 13.2. The second-order valence-electron chi connectivity index (χ2n) is 6.48. The molecule has 1 amide bonds. The molecule has 0 fully saturated rings. The lowest BCUT2D eigenvalue weighted by Crippen LogP contribution is -2.57. The lowest BCUT2D eigenvalue weighted by atomic mass is 9.85. The number of amides is 1. The van der Waals surface area contributed by atoms with Gasteiger partial charge in [0.1, 0.15) is 0 Å². The van der Waals surface area contributed by atoms with Crippen LogP contribution in [0, 0.1) is 0 Å². The van der Waals surface area contributed by atoms with Crippen LogP contribution in [0.25, 0.3) is 0 Å². The first-order chi connectivity index (χ1) is 9.04. The number of benzene rings is 1. The molecule has 0 radical (unpaired) electrons. The average molecular weight is 278 g/mol. The maximum absolute atomic E-state index is 12.4. The number of hydrogen-bond donors (Lipinski definition) is 3. The van der Waals surface area contributed by atoms with E-state index in [1.165, 1.54) is 0 Å². The van der Waals surface area contributed by atoms with Crippen LogP contribution in [-0.4, -0.2) is 28.2 Å². The molecule has 112 valence electrons. The van der Waals surface area contributed by atoms with E-state index in [0.29, 0.717) is 5.56 Å². The van der Waals surface area contributed by atoms with E-state index in [-0.39, 0.29) is 11.9 Å². The minimum atomic E-state index is -1.01. The third kappa shape index (κ3) is 3.97. The second-order valence-corrected chi connectivity index (χ2v) is 6.48. The van der Waals surface area contributed by atoms with Gasteiger partial charge >= 0.3 is 0 Å². The Labute approximate surface area is 121 Å². The van der Waals surface area contributed by atoms with Crippen molar-refractivity contribution < 1.29 is 9.90 Å². The van der Waals surface area contributed by atoms with Crippen LogP contribution in [0.1, 0.15) is 51.9 Å². The van der Waals surface area contributed by atoms with E-state index in [0.717, 1.165) is 5.69 Å². The van der Waals surface area contributed by atoms with Crippen LogP contribution in [0.2, 0.25) is 0 Å². The molecule has 0 atom stereocenters. The maximum atomic E-state index is 12.4. The average Bonchev–Trinajstić information content (AvgIpc) is 2.26. The van der Waals surface area contributed by atoms with Crippen molar-refractivity contribution in [1.29, 1.82) is 0 Å². The summed E-state index contributed by atoms with van der Waals surface area (Å²) in [7, 11) is 0. The molecule has 0 aliphatic heterocycles. The molecule has 0 bridgehead atoms. The molecule has 4 nitrogen and oxygen atoms in total. The van der Waals surface area contributed by atoms with Crippen molar-refractivity contribution in [2.45, 2.75) is 58.7 Å². The van der Waals surface area contributed by atoms with Crippen molar-refractivity contribution in [2.24, 2.45) is 0 Å². The van der Waals surface area contributed by atoms with Gasteiger partial charge in [-0.2, -0.15) is 0 Å². The lowest BCUT2D eigenvalue weighted by molar-refractivity contribution is -0.00291. The number of hydrogen-bond acceptors (Lipinski definition) is 3. The predicted octanol–water partition coefficient (Wildman–Crippen LogP) is 2.79. The van der Waals surface area contributed by atoms with Gasteiger partial charge in [0, 0.05) is 11.7 Å². The number of carbonyl (C=O) groups excluding carboxylic acids is 1. The van der Waals surface area contributed by atoms with Gasteiger partial charge in [-0.15, -0.1) is 0 Å². The molecule has 0 aliphatic rings. The van der Waals surface area contributed by atoms with Crippen LogP contribution < -0.4 is 10.6 Å². The summed E-state index contributed by atoms with van der Waals surface area (Å²) in [6.07, 6.45) is 0. The van der Waals surface area contributed by atoms with Crippen molar-refractivity contribution in [3.05, 3.63) is 29.8 Å². The van der Waals surface area contributed by atoms with Crippen LogP contribution in [-0.2, 0) is 0 Å². The zero-order valence-electron chi connectivity index (χ0n) is 13.2. The smallest absolute Gasteiger partial charge is 0.253 e. The van der Waals surface area contributed by atoms with Crippen LogP contribution >= 0.6 is 0 Å². The third-order valence-corrected chi connectivity index (χ3v) is 3.57. The Kier molecular flexibility index (Phi) is 4.81. The summed E-state index contributed by atoms with van der Waals surface area (Å²) in [6.45, 7) is 11.0. The number of rotatable bonds is 5. The molecule has 0 unspecified atom stereocenters. The monoisotopic (exact) mass is 278 g/mol. The molecule has 3 N–H and O–H groups in total. The molecular weight excluding hydrogens is 252 g/mol. The summed E-state index contributed by atoms with van der Waals surface area (Å²) in [4.78, 5) is 12.4. The van der Waals surface area contributed by atoms with E-state index in [1.54, 1.807) is 19.9 Å². The summed E-state index contributed by atoms with van der Waals surface area (Å²) < 4.78 is 0. The van der Waals surface area contributed by atoms with E-state index in [2.05, 4.69) is 10.6 Å². The molecule has 0 spiro atoms. The molecule has 4 heteroatoms. The van der Waals surface area contributed by atoms with E-state index in [4.69, 9.17) is 0 Å². The summed E-state index contributed by atoms with van der Waals surface area (Å²) in [5, 5.41) is 16.3. The van der Waals surface area contributed by atoms with Crippen LogP contribution in [0.5, 0.6) is 0 Å². The maximum Gasteiger partial charge on any atom is 0.253 e. The first kappa shape index (κ1) is 16.5. The van der Waals surface area contributed by atoms with Gasteiger partial charge in [-0.3, -0.25) is 4.79 Å². The highest BCUT2D eigenvalue weighted by Gasteiger charge is 2.36. The zero-order chi connectivity index (χ0) is 15.6. The molecule has 0 saturated heterocycles. The quantitative estimate of drug-likeness (QED) is 0.776. The molecule has 1 aromatic carbocycles. The predicted molar refractivity (Wildman–Crippen MR) is 83.0 cm³/mol. The van der Waals surface area contributed by atoms with Gasteiger partial charge in [0.25, 0.3) is 5.91 Å². The van der Waals surface area contributed by atoms with Crippen molar-refractivity contribution >= 4 is 11.6 Å². The molecule has 0 saturated carbocycles. The summed E-state index contributed by atoms with van der Waals surface area (Å²) in [5.74, 6) is -0.194. The summed E-state index contributed by atoms with van der Waals surface area (Å²) >= 11 is 0. The molecule has 0 heterocycles. The summed E-state index contributed by atoms with van der Waals surface area (Å²) in [6, 6.07) is 7.62. The number of anilines is 1. The Morgan fingerprint density at radius 2 is 1.70 bits per heavy atom. The van der Waals surface area contributed by atoms with Gasteiger partial charge < -0.3 is 15.7 Å². The first-order valence-corrected chi connectivity index (χ1v) is 6.95. The second kappa shape index (κ2) is 5.83. The third-order valence-electron chi connectivity index (χ3n) is 3.57. The standard InChI is InChI=1S/C16H26N2O2/c1-11(2)17-13-10-8-7-9-12(13)14(19)18-15(3,4)16(5,6)20/h7-11,17,20H,1-6H3,(H,18,19). The van der Waals surface area contributed by atoms with Gasteiger partial charge in [0.2, 0.25) is 0 Å². The topological polar surface area (TPSA) is 61.4 Å². The Morgan fingerprint density at radius 3 is 2.20 bits per heavy atom. The van der Waals surface area contributed by atoms with Crippen LogP contribution in [0.4, 0.5) is 5.69 Å². The van der Waals surface area contributed by atoms with Gasteiger partial charge in [0.15, 0.2) is 0 Å². The van der Waals surface area contributed by atoms with E-state index < -0.39 is 11.1 Å². The normalized spacial score (nSPS) is 12.4. The minimum Gasteiger partial charge on any atom is -0.388 e. The van der Waals surface area contributed by atoms with E-state index in [9.17, 15) is 9.90 Å². The highest BCUT2D eigenvalue weighted by Crippen LogP contribution is 2.23. The lowest BCUT2D eigenvalue weighted by Gasteiger charge is -2.38. The van der Waals surface area contributed by atoms with Crippen LogP contribution in [0.15, 0.2) is 24.3 Å². The Bertz CT molecular complexity index is 474. The van der Waals surface area contributed by atoms with Gasteiger partial charge in [-0.1, -0.05) is 12.1 Å². The molecular formula is C16H26N2O2. The largest absolute Gasteiger partial charge is 0.388 e. The van der Waals surface area contributed by atoms with Crippen LogP contribution in [0.3, 0.4) is 0 Å². The first-order valence-electron chi connectivity index (χ1n) is 6.95. The Morgan fingerprint density at radius 1 is 1.15 bits per heavy atom. The van der Waals surface area contributed by atoms with E-state index >= 15 is 0 Å². The molecule has 0 aliphatic carbocycles. The highest BCUT2D eigenvalue weighted by molar-refractivity contribution is 6.00. The summed E-state index contributed by atoms with van der Waals surface area (Å²) in [5.41, 5.74) is -0.358. The van der Waals surface area contributed by atoms with Gasteiger partial charge in [-0.25, -0.2) is 0 Å². The highest BCUT2D eigenvalue weighted by atomic mass is 16.3. The fourth-order valence-corrected chi connectivity index (χ4v) is 1.62. The van der Waals surface area contributed by atoms with Crippen molar-refractivity contribution in [1.82, 2.24) is 5.32 Å². The number of nitrogens with one attached hydrogen (secondary N) is 2. The Balaban J connectivity index is 2.99. The number of aliphatic hydroxyl groups is 1. The van der Waals surface area contributed by atoms with Crippen molar-refractivity contribution in [3.63, 3.8) is 0 Å². The van der Waals surface area contributed by atoms with Gasteiger partial charge in [-0.05, 0) is 53.7 Å². The number of para-hydroxylation sites is 1. The molecule has 20 heavy (non-hydrogen) atoms. The molecule has 1 rings (SSSR count).